The summed E-state index contributed by atoms with van der Waals surface area (Å²) in [7, 11) is 0. The van der Waals surface area contributed by atoms with Crippen molar-refractivity contribution in [3.8, 4) is 0 Å². The van der Waals surface area contributed by atoms with Crippen LogP contribution >= 0.6 is 0 Å². The van der Waals surface area contributed by atoms with Gasteiger partial charge in [-0.05, 0) is 62.4 Å². The molecule has 4 heteroatoms. The molecule has 124 valence electrons. The molecule has 24 heavy (non-hydrogen) atoms. The largest absolute Gasteiger partial charge is 0.379 e. The maximum absolute atomic E-state index is 13.8. The number of benzene rings is 2. The number of fused-ring (bicyclic) bond motifs is 4. The molecule has 2 unspecified atom stereocenters. The first-order valence-electron chi connectivity index (χ1n) is 8.73. The first-order valence-corrected chi connectivity index (χ1v) is 8.73. The van der Waals surface area contributed by atoms with Crippen LogP contribution in [0.2, 0.25) is 0 Å². The lowest BCUT2D eigenvalue weighted by atomic mass is 9.48. The maximum Gasteiger partial charge on any atom is 0.125 e. The Morgan fingerprint density at radius 3 is 2.50 bits per heavy atom. The monoisotopic (exact) mass is 326 g/mol. The number of hydrogen-bond donors (Lipinski definition) is 2. The van der Waals surface area contributed by atoms with E-state index in [1.165, 1.54) is 18.6 Å². The summed E-state index contributed by atoms with van der Waals surface area (Å²) in [5.41, 5.74) is 2.66. The second-order valence-electron chi connectivity index (χ2n) is 7.52. The summed E-state index contributed by atoms with van der Waals surface area (Å²) in [6, 6.07) is 11.7. The van der Waals surface area contributed by atoms with Gasteiger partial charge in [0, 0.05) is 28.4 Å². The second kappa shape index (κ2) is 4.71. The smallest absolute Gasteiger partial charge is 0.125 e. The average Bonchev–Trinajstić information content (AvgIpc) is 2.49. The van der Waals surface area contributed by atoms with Crippen LogP contribution in [0.25, 0.3) is 0 Å². The molecule has 1 aliphatic heterocycles. The van der Waals surface area contributed by atoms with Crippen LogP contribution in [0.3, 0.4) is 0 Å². The summed E-state index contributed by atoms with van der Waals surface area (Å²) in [5.74, 6) is 0.00766. The number of anilines is 2. The first-order chi connectivity index (χ1) is 11.6. The van der Waals surface area contributed by atoms with E-state index >= 15 is 0 Å². The normalized spacial score (nSPS) is 28.8. The second-order valence-corrected chi connectivity index (χ2v) is 7.52. The van der Waals surface area contributed by atoms with Crippen LogP contribution in [-0.2, 0) is 5.54 Å². The van der Waals surface area contributed by atoms with Gasteiger partial charge in [0.2, 0.25) is 0 Å². The maximum atomic E-state index is 13.8. The van der Waals surface area contributed by atoms with Crippen molar-refractivity contribution in [2.24, 2.45) is 5.92 Å². The van der Waals surface area contributed by atoms with Gasteiger partial charge in [-0.2, -0.15) is 0 Å². The molecule has 2 fully saturated rings. The Balaban J connectivity index is 1.63. The molecule has 2 N–H and O–H groups in total. The number of hydrogen-bond acceptors (Lipinski definition) is 2. The van der Waals surface area contributed by atoms with E-state index < -0.39 is 0 Å². The molecule has 2 aromatic rings. The minimum atomic E-state index is -0.237. The molecule has 1 heterocycles. The molecule has 2 atom stereocenters. The molecular weight excluding hydrogens is 306 g/mol. The van der Waals surface area contributed by atoms with E-state index in [-0.39, 0.29) is 22.7 Å². The predicted molar refractivity (Wildman–Crippen MR) is 91.0 cm³/mol. The summed E-state index contributed by atoms with van der Waals surface area (Å²) in [6.07, 6.45) is 5.60. The third-order valence-corrected chi connectivity index (χ3v) is 6.37. The van der Waals surface area contributed by atoms with Crippen molar-refractivity contribution in [3.05, 3.63) is 59.7 Å². The summed E-state index contributed by atoms with van der Waals surface area (Å²) in [5, 5.41) is 7.28. The van der Waals surface area contributed by atoms with Crippen molar-refractivity contribution >= 4 is 11.4 Å². The van der Waals surface area contributed by atoms with Gasteiger partial charge in [-0.3, -0.25) is 0 Å². The summed E-state index contributed by atoms with van der Waals surface area (Å²) in [4.78, 5) is 0. The molecule has 0 radical (unpaired) electrons. The van der Waals surface area contributed by atoms with Crippen LogP contribution in [0, 0.1) is 17.6 Å². The van der Waals surface area contributed by atoms with Crippen molar-refractivity contribution in [2.45, 2.75) is 43.2 Å². The highest BCUT2D eigenvalue weighted by Gasteiger charge is 2.63. The lowest BCUT2D eigenvalue weighted by molar-refractivity contribution is 0.0196. The molecule has 2 saturated carbocycles. The lowest BCUT2D eigenvalue weighted by Crippen LogP contribution is -2.68. The van der Waals surface area contributed by atoms with E-state index in [1.54, 1.807) is 18.2 Å². The highest BCUT2D eigenvalue weighted by Crippen LogP contribution is 2.63. The highest BCUT2D eigenvalue weighted by molar-refractivity contribution is 5.65. The van der Waals surface area contributed by atoms with E-state index in [0.717, 1.165) is 42.6 Å². The van der Waals surface area contributed by atoms with Crippen LogP contribution in [-0.4, -0.2) is 5.54 Å². The Labute approximate surface area is 140 Å². The van der Waals surface area contributed by atoms with Crippen LogP contribution in [0.1, 0.15) is 37.7 Å². The van der Waals surface area contributed by atoms with Crippen LogP contribution in [0.5, 0.6) is 0 Å². The van der Waals surface area contributed by atoms with Crippen LogP contribution in [0.15, 0.2) is 42.5 Å². The summed E-state index contributed by atoms with van der Waals surface area (Å²) < 4.78 is 27.4. The van der Waals surface area contributed by atoms with Crippen LogP contribution < -0.4 is 10.6 Å². The molecule has 0 saturated heterocycles. The van der Waals surface area contributed by atoms with E-state index in [4.69, 9.17) is 0 Å². The van der Waals surface area contributed by atoms with Gasteiger partial charge in [0.25, 0.3) is 0 Å². The van der Waals surface area contributed by atoms with Crippen molar-refractivity contribution in [2.75, 3.05) is 10.6 Å². The summed E-state index contributed by atoms with van der Waals surface area (Å²) in [6.45, 7) is 0. The number of nitrogens with one attached hydrogen (secondary N) is 2. The Kier molecular flexibility index (Phi) is 2.80. The third kappa shape index (κ3) is 1.80. The standard InChI is InChI=1S/C20H20F2N2/c21-13-3-1-4-15(11-13)23-20-10-7-18(20)19(8-2-9-19)24-17-12-14(22)5-6-16(17)20/h1,3-6,11-12,18,23-24H,2,7-10H2. The SMILES string of the molecule is Fc1cccc(NC23CCC2C2(CCC2)Nc2cc(F)ccc23)c1. The molecule has 2 aliphatic carbocycles. The molecule has 0 amide bonds. The Morgan fingerprint density at radius 2 is 1.83 bits per heavy atom. The Hall–Kier alpha value is -2.10. The van der Waals surface area contributed by atoms with Crippen molar-refractivity contribution < 1.29 is 8.78 Å². The summed E-state index contributed by atoms with van der Waals surface area (Å²) >= 11 is 0. The van der Waals surface area contributed by atoms with Gasteiger partial charge in [0.15, 0.2) is 0 Å². The van der Waals surface area contributed by atoms with E-state index in [2.05, 4.69) is 10.6 Å². The van der Waals surface area contributed by atoms with Gasteiger partial charge in [0.1, 0.15) is 11.6 Å². The van der Waals surface area contributed by atoms with Gasteiger partial charge in [-0.1, -0.05) is 12.1 Å². The zero-order valence-corrected chi connectivity index (χ0v) is 13.4. The molecule has 2 nitrogen and oxygen atoms in total. The van der Waals surface area contributed by atoms with Gasteiger partial charge in [0.05, 0.1) is 5.54 Å². The Bertz CT molecular complexity index is 815. The average molecular weight is 326 g/mol. The Morgan fingerprint density at radius 1 is 1.00 bits per heavy atom. The van der Waals surface area contributed by atoms with Gasteiger partial charge < -0.3 is 10.6 Å². The molecule has 3 aliphatic rings. The van der Waals surface area contributed by atoms with Crippen LogP contribution in [0.4, 0.5) is 20.2 Å². The molecule has 2 aromatic carbocycles. The zero-order valence-electron chi connectivity index (χ0n) is 13.4. The molecule has 1 spiro atoms. The minimum Gasteiger partial charge on any atom is -0.379 e. The highest BCUT2D eigenvalue weighted by atomic mass is 19.1. The van der Waals surface area contributed by atoms with Gasteiger partial charge in [-0.15, -0.1) is 0 Å². The number of halogens is 2. The molecule has 5 rings (SSSR count). The van der Waals surface area contributed by atoms with Gasteiger partial charge in [-0.25, -0.2) is 8.78 Å². The third-order valence-electron chi connectivity index (χ3n) is 6.37. The molecule has 0 bridgehead atoms. The first kappa shape index (κ1) is 14.3. The zero-order chi connectivity index (χ0) is 16.4. The number of rotatable bonds is 2. The fourth-order valence-electron chi connectivity index (χ4n) is 5.08. The van der Waals surface area contributed by atoms with Gasteiger partial charge >= 0.3 is 0 Å². The fraction of sp³-hybridized carbons (Fsp3) is 0.400. The minimum absolute atomic E-state index is 0.0688. The van der Waals surface area contributed by atoms with E-state index in [1.807, 2.05) is 12.1 Å². The van der Waals surface area contributed by atoms with E-state index in [0.29, 0.717) is 5.92 Å². The fourth-order valence-corrected chi connectivity index (χ4v) is 5.08. The predicted octanol–water partition coefficient (Wildman–Crippen LogP) is 5.03. The van der Waals surface area contributed by atoms with E-state index in [9.17, 15) is 8.78 Å². The van der Waals surface area contributed by atoms with Crippen molar-refractivity contribution in [1.82, 2.24) is 0 Å². The quantitative estimate of drug-likeness (QED) is 0.809. The topological polar surface area (TPSA) is 24.1 Å². The van der Waals surface area contributed by atoms with Crippen molar-refractivity contribution in [1.29, 1.82) is 0 Å². The van der Waals surface area contributed by atoms with Crippen molar-refractivity contribution in [3.63, 3.8) is 0 Å². The molecular formula is C20H20F2N2. The lowest BCUT2D eigenvalue weighted by Gasteiger charge is -2.65. The molecule has 0 aromatic heterocycles.